The van der Waals surface area contributed by atoms with E-state index in [1.165, 1.54) is 0 Å². The lowest BCUT2D eigenvalue weighted by atomic mass is 10.0. The van der Waals surface area contributed by atoms with Crippen molar-refractivity contribution in [1.82, 2.24) is 9.97 Å². The number of benzene rings is 2. The van der Waals surface area contributed by atoms with Crippen molar-refractivity contribution in [2.75, 3.05) is 13.2 Å². The first-order valence-corrected chi connectivity index (χ1v) is 10.4. The van der Waals surface area contributed by atoms with Crippen LogP contribution in [-0.2, 0) is 6.54 Å². The average molecular weight is 451 g/mol. The van der Waals surface area contributed by atoms with Gasteiger partial charge in [0.1, 0.15) is 5.69 Å². The molecule has 2 aromatic heterocycles. The molecule has 0 bridgehead atoms. The average Bonchev–Trinajstić information content (AvgIpc) is 3.37. The van der Waals surface area contributed by atoms with E-state index in [1.54, 1.807) is 18.7 Å². The fourth-order valence-corrected chi connectivity index (χ4v) is 3.33. The predicted molar refractivity (Wildman–Crippen MR) is 130 cm³/mol. The largest absolute Gasteiger partial charge is 0.477 e. The minimum atomic E-state index is 0. The zero-order valence-electron chi connectivity index (χ0n) is 17.7. The van der Waals surface area contributed by atoms with Gasteiger partial charge < -0.3 is 20.6 Å². The summed E-state index contributed by atoms with van der Waals surface area (Å²) >= 11 is 0. The van der Waals surface area contributed by atoms with Gasteiger partial charge in [0.15, 0.2) is 0 Å². The van der Waals surface area contributed by atoms with Crippen LogP contribution in [-0.4, -0.2) is 23.1 Å². The summed E-state index contributed by atoms with van der Waals surface area (Å²) in [6, 6.07) is 18.2. The third kappa shape index (κ3) is 5.53. The maximum Gasteiger partial charge on any atom is 0.232 e. The molecule has 7 heteroatoms. The van der Waals surface area contributed by atoms with E-state index in [0.29, 0.717) is 25.6 Å². The molecule has 4 N–H and O–H groups in total. The Balaban J connectivity index is 0.00000289. The lowest BCUT2D eigenvalue weighted by Gasteiger charge is -2.12. The van der Waals surface area contributed by atoms with Crippen LogP contribution < -0.4 is 16.2 Å². The Hall–Kier alpha value is -3.19. The Morgan fingerprint density at radius 3 is 2.12 bits per heavy atom. The molecule has 0 fully saturated rings. The Bertz CT molecular complexity index is 1100. The number of unbranched alkanes of at least 4 members (excludes halogenated alkanes) is 1. The van der Waals surface area contributed by atoms with E-state index >= 15 is 0 Å². The van der Waals surface area contributed by atoms with Crippen molar-refractivity contribution < 1.29 is 9.15 Å². The number of rotatable bonds is 9. The van der Waals surface area contributed by atoms with Crippen molar-refractivity contribution in [3.05, 3.63) is 78.9 Å². The normalized spacial score (nSPS) is 10.6. The summed E-state index contributed by atoms with van der Waals surface area (Å²) in [5.41, 5.74) is 18.0. The predicted octanol–water partition coefficient (Wildman–Crippen LogP) is 5.07. The van der Waals surface area contributed by atoms with Crippen molar-refractivity contribution in [3.63, 3.8) is 0 Å². The van der Waals surface area contributed by atoms with Crippen molar-refractivity contribution in [3.8, 4) is 39.5 Å². The van der Waals surface area contributed by atoms with Crippen LogP contribution in [0.15, 0.2) is 77.7 Å². The fourth-order valence-electron chi connectivity index (χ4n) is 3.33. The number of nitrogens with two attached hydrogens (primary N) is 2. The van der Waals surface area contributed by atoms with Crippen LogP contribution in [0.2, 0.25) is 0 Å². The van der Waals surface area contributed by atoms with Crippen LogP contribution in [0.25, 0.3) is 33.6 Å². The molecule has 4 rings (SSSR count). The number of hydrogen-bond donors (Lipinski definition) is 2. The van der Waals surface area contributed by atoms with Gasteiger partial charge in [-0.1, -0.05) is 48.5 Å². The van der Waals surface area contributed by atoms with Crippen molar-refractivity contribution >= 4 is 12.4 Å². The van der Waals surface area contributed by atoms with Gasteiger partial charge in [-0.05, 0) is 36.6 Å². The van der Waals surface area contributed by atoms with Crippen LogP contribution in [0, 0.1) is 0 Å². The summed E-state index contributed by atoms with van der Waals surface area (Å²) in [5.74, 6) is 0.508. The van der Waals surface area contributed by atoms with Crippen LogP contribution in [0.5, 0.6) is 5.88 Å². The van der Waals surface area contributed by atoms with E-state index in [4.69, 9.17) is 30.6 Å². The summed E-state index contributed by atoms with van der Waals surface area (Å²) in [5, 5.41) is 0. The topological polar surface area (TPSA) is 100 Å². The fraction of sp³-hybridized carbons (Fsp3) is 0.200. The minimum Gasteiger partial charge on any atom is -0.477 e. The Kier molecular flexibility index (Phi) is 8.39. The van der Waals surface area contributed by atoms with Gasteiger partial charge in [-0.15, -0.1) is 12.4 Å². The van der Waals surface area contributed by atoms with E-state index in [9.17, 15) is 0 Å². The highest BCUT2D eigenvalue weighted by Crippen LogP contribution is 2.32. The molecule has 2 heterocycles. The van der Waals surface area contributed by atoms with Crippen molar-refractivity contribution in [2.45, 2.75) is 19.4 Å². The first-order valence-electron chi connectivity index (χ1n) is 10.4. The van der Waals surface area contributed by atoms with Crippen LogP contribution in [0.3, 0.4) is 0 Å². The number of aromatic nitrogens is 2. The van der Waals surface area contributed by atoms with E-state index in [2.05, 4.69) is 12.1 Å². The summed E-state index contributed by atoms with van der Waals surface area (Å²) in [6.07, 6.45) is 6.88. The molecule has 0 unspecified atom stereocenters. The maximum atomic E-state index is 5.82. The monoisotopic (exact) mass is 450 g/mol. The molecule has 0 saturated carbocycles. The number of hydrogen-bond acceptors (Lipinski definition) is 6. The van der Waals surface area contributed by atoms with Crippen molar-refractivity contribution in [1.29, 1.82) is 0 Å². The molecule has 0 aliphatic carbocycles. The molecule has 32 heavy (non-hydrogen) atoms. The van der Waals surface area contributed by atoms with Gasteiger partial charge >= 0.3 is 0 Å². The molecule has 0 atom stereocenters. The molecule has 0 aliphatic rings. The van der Waals surface area contributed by atoms with Crippen LogP contribution in [0.4, 0.5) is 0 Å². The van der Waals surface area contributed by atoms with Crippen LogP contribution in [0.1, 0.15) is 18.4 Å². The lowest BCUT2D eigenvalue weighted by molar-refractivity contribution is 0.295. The number of ether oxygens (including phenoxy) is 1. The molecular weight excluding hydrogens is 424 g/mol. The Labute approximate surface area is 194 Å². The molecule has 0 aliphatic heterocycles. The molecule has 4 aromatic rings. The van der Waals surface area contributed by atoms with Gasteiger partial charge in [0, 0.05) is 23.2 Å². The number of nitrogens with zero attached hydrogens (tertiary/aromatic N) is 2. The Morgan fingerprint density at radius 1 is 0.781 bits per heavy atom. The van der Waals surface area contributed by atoms with E-state index in [0.717, 1.165) is 52.0 Å². The number of halogens is 1. The summed E-state index contributed by atoms with van der Waals surface area (Å²) in [6.45, 7) is 1.72. The second-order valence-corrected chi connectivity index (χ2v) is 7.24. The van der Waals surface area contributed by atoms with Gasteiger partial charge in [0.2, 0.25) is 5.88 Å². The molecule has 0 saturated heterocycles. The quantitative estimate of drug-likeness (QED) is 0.345. The first kappa shape index (κ1) is 23.5. The third-order valence-corrected chi connectivity index (χ3v) is 5.07. The molecule has 2 aromatic carbocycles. The summed E-state index contributed by atoms with van der Waals surface area (Å²) < 4.78 is 11.0. The highest BCUT2D eigenvalue weighted by Gasteiger charge is 2.14. The van der Waals surface area contributed by atoms with Crippen molar-refractivity contribution in [2.24, 2.45) is 11.5 Å². The minimum absolute atomic E-state index is 0. The highest BCUT2D eigenvalue weighted by atomic mass is 35.5. The van der Waals surface area contributed by atoms with E-state index < -0.39 is 0 Å². The van der Waals surface area contributed by atoms with Gasteiger partial charge in [0.25, 0.3) is 0 Å². The SMILES string of the molecule is Cl.NCCCCOc1cnc(-c2ccc(CN)cc2)c(-c2ccc(-c3ccoc3)cc2)n1. The molecule has 0 spiro atoms. The number of furan rings is 1. The highest BCUT2D eigenvalue weighted by molar-refractivity contribution is 5.85. The van der Waals surface area contributed by atoms with E-state index in [1.807, 2.05) is 42.5 Å². The van der Waals surface area contributed by atoms with Gasteiger partial charge in [0.05, 0.1) is 31.0 Å². The van der Waals surface area contributed by atoms with Gasteiger partial charge in [-0.25, -0.2) is 9.97 Å². The molecule has 0 radical (unpaired) electrons. The summed E-state index contributed by atoms with van der Waals surface area (Å²) in [4.78, 5) is 9.49. The zero-order valence-corrected chi connectivity index (χ0v) is 18.6. The second kappa shape index (κ2) is 11.4. The smallest absolute Gasteiger partial charge is 0.232 e. The first-order chi connectivity index (χ1) is 15.3. The third-order valence-electron chi connectivity index (χ3n) is 5.07. The molecule has 166 valence electrons. The maximum absolute atomic E-state index is 5.82. The molecule has 0 amide bonds. The van der Waals surface area contributed by atoms with Crippen LogP contribution >= 0.6 is 12.4 Å². The second-order valence-electron chi connectivity index (χ2n) is 7.24. The molecular formula is C25H27ClN4O2. The van der Waals surface area contributed by atoms with E-state index in [-0.39, 0.29) is 12.4 Å². The molecule has 6 nitrogen and oxygen atoms in total. The zero-order chi connectivity index (χ0) is 21.5. The lowest BCUT2D eigenvalue weighted by Crippen LogP contribution is -2.05. The van der Waals surface area contributed by atoms with Gasteiger partial charge in [-0.2, -0.15) is 0 Å². The standard InChI is InChI=1S/C25H26N4O2.ClH/c26-12-1-2-13-31-23-16-28-24(20-5-3-18(15-27)4-6-20)25(29-23)21-9-7-19(8-10-21)22-11-14-30-17-22;/h3-11,14,16-17H,1-2,12-13,15,26-27H2;1H. The Morgan fingerprint density at radius 2 is 1.47 bits per heavy atom. The summed E-state index contributed by atoms with van der Waals surface area (Å²) in [7, 11) is 0. The van der Waals surface area contributed by atoms with Gasteiger partial charge in [-0.3, -0.25) is 0 Å².